The number of amides is 1. The van der Waals surface area contributed by atoms with Crippen LogP contribution in [-0.4, -0.2) is 42.1 Å². The normalized spacial score (nSPS) is 14.3. The quantitative estimate of drug-likeness (QED) is 0.780. The van der Waals surface area contributed by atoms with E-state index >= 15 is 0 Å². The predicted molar refractivity (Wildman–Crippen MR) is 99.6 cm³/mol. The number of piperazine rings is 1. The van der Waals surface area contributed by atoms with E-state index in [-0.39, 0.29) is 11.7 Å². The highest BCUT2D eigenvalue weighted by molar-refractivity contribution is 6.02. The molecule has 0 unspecified atom stereocenters. The number of aromatic nitrogens is 2. The Morgan fingerprint density at radius 3 is 2.27 bits per heavy atom. The van der Waals surface area contributed by atoms with Crippen LogP contribution in [0.1, 0.15) is 10.6 Å². The molecule has 26 heavy (non-hydrogen) atoms. The van der Waals surface area contributed by atoms with E-state index in [0.717, 1.165) is 26.2 Å². The second-order valence-corrected chi connectivity index (χ2v) is 6.01. The van der Waals surface area contributed by atoms with Gasteiger partial charge in [0.1, 0.15) is 0 Å². The number of anilines is 3. The molecule has 1 aromatic carbocycles. The molecule has 3 aromatic rings. The van der Waals surface area contributed by atoms with Crippen molar-refractivity contribution in [1.29, 1.82) is 0 Å². The maximum atomic E-state index is 12.0. The van der Waals surface area contributed by atoms with Crippen LogP contribution in [0, 0.1) is 0 Å². The van der Waals surface area contributed by atoms with Crippen LogP contribution in [0.3, 0.4) is 0 Å². The zero-order valence-electron chi connectivity index (χ0n) is 14.2. The van der Waals surface area contributed by atoms with Crippen molar-refractivity contribution in [2.24, 2.45) is 0 Å². The second-order valence-electron chi connectivity index (χ2n) is 6.01. The van der Waals surface area contributed by atoms with E-state index in [9.17, 15) is 4.79 Å². The molecule has 0 aliphatic carbocycles. The van der Waals surface area contributed by atoms with Gasteiger partial charge in [0, 0.05) is 31.9 Å². The molecule has 132 valence electrons. The van der Waals surface area contributed by atoms with Crippen molar-refractivity contribution >= 4 is 23.2 Å². The monoisotopic (exact) mass is 349 g/mol. The van der Waals surface area contributed by atoms with Crippen LogP contribution in [-0.2, 0) is 0 Å². The lowest BCUT2D eigenvalue weighted by Crippen LogP contribution is -2.47. The minimum atomic E-state index is -0.317. The molecule has 7 nitrogen and oxygen atoms in total. The number of hydrogen-bond acceptors (Lipinski definition) is 6. The number of furan rings is 1. The lowest BCUT2D eigenvalue weighted by Gasteiger charge is -2.36. The van der Waals surface area contributed by atoms with Gasteiger partial charge in [0.25, 0.3) is 5.91 Å². The summed E-state index contributed by atoms with van der Waals surface area (Å²) in [6, 6.07) is 13.7. The number of para-hydroxylation sites is 1. The van der Waals surface area contributed by atoms with Gasteiger partial charge >= 0.3 is 0 Å². The van der Waals surface area contributed by atoms with Gasteiger partial charge in [0.15, 0.2) is 5.76 Å². The van der Waals surface area contributed by atoms with Crippen LogP contribution in [0.5, 0.6) is 0 Å². The highest BCUT2D eigenvalue weighted by atomic mass is 16.3. The van der Waals surface area contributed by atoms with Crippen LogP contribution in [0.25, 0.3) is 0 Å². The molecule has 1 saturated heterocycles. The summed E-state index contributed by atoms with van der Waals surface area (Å²) in [5, 5.41) is 2.72. The molecular weight excluding hydrogens is 330 g/mol. The first-order chi connectivity index (χ1) is 12.8. The lowest BCUT2D eigenvalue weighted by atomic mass is 10.2. The van der Waals surface area contributed by atoms with Gasteiger partial charge in [-0.25, -0.2) is 9.97 Å². The second kappa shape index (κ2) is 7.26. The van der Waals surface area contributed by atoms with E-state index in [0.29, 0.717) is 11.6 Å². The molecule has 0 saturated carbocycles. The molecule has 1 amide bonds. The van der Waals surface area contributed by atoms with Gasteiger partial charge in [-0.15, -0.1) is 0 Å². The van der Waals surface area contributed by atoms with Gasteiger partial charge in [-0.1, -0.05) is 18.2 Å². The van der Waals surface area contributed by atoms with Crippen molar-refractivity contribution < 1.29 is 9.21 Å². The fraction of sp³-hybridized carbons (Fsp3) is 0.211. The molecular formula is C19H19N5O2. The number of hydrogen-bond donors (Lipinski definition) is 1. The van der Waals surface area contributed by atoms with E-state index in [2.05, 4.69) is 49.4 Å². The van der Waals surface area contributed by atoms with Crippen molar-refractivity contribution in [3.63, 3.8) is 0 Å². The fourth-order valence-corrected chi connectivity index (χ4v) is 2.95. The third-order valence-electron chi connectivity index (χ3n) is 4.32. The SMILES string of the molecule is O=C(Nc1cnc(N2CCN(c3ccccc3)CC2)nc1)c1ccco1. The van der Waals surface area contributed by atoms with Gasteiger partial charge in [-0.05, 0) is 24.3 Å². The van der Waals surface area contributed by atoms with Crippen molar-refractivity contribution in [3.8, 4) is 0 Å². The number of nitrogens with zero attached hydrogens (tertiary/aromatic N) is 4. The van der Waals surface area contributed by atoms with E-state index in [4.69, 9.17) is 4.42 Å². The molecule has 3 heterocycles. The average Bonchev–Trinajstić information content (AvgIpc) is 3.25. The van der Waals surface area contributed by atoms with E-state index < -0.39 is 0 Å². The van der Waals surface area contributed by atoms with Gasteiger partial charge in [0.2, 0.25) is 5.95 Å². The number of carbonyl (C=O) groups excluding carboxylic acids is 1. The maximum Gasteiger partial charge on any atom is 0.291 e. The zero-order valence-corrected chi connectivity index (χ0v) is 14.2. The van der Waals surface area contributed by atoms with Crippen LogP contribution >= 0.6 is 0 Å². The summed E-state index contributed by atoms with van der Waals surface area (Å²) in [4.78, 5) is 25.2. The molecule has 0 radical (unpaired) electrons. The van der Waals surface area contributed by atoms with Crippen LogP contribution < -0.4 is 15.1 Å². The summed E-state index contributed by atoms with van der Waals surface area (Å²) in [5.41, 5.74) is 1.78. The molecule has 0 spiro atoms. The van der Waals surface area contributed by atoms with E-state index in [1.165, 1.54) is 12.0 Å². The Bertz CT molecular complexity index is 841. The number of benzene rings is 1. The first-order valence-electron chi connectivity index (χ1n) is 8.51. The lowest BCUT2D eigenvalue weighted by molar-refractivity contribution is 0.0996. The molecule has 0 bridgehead atoms. The molecule has 1 N–H and O–H groups in total. The molecule has 1 fully saturated rings. The van der Waals surface area contributed by atoms with Crippen LogP contribution in [0.4, 0.5) is 17.3 Å². The first-order valence-corrected chi connectivity index (χ1v) is 8.51. The van der Waals surface area contributed by atoms with Crippen LogP contribution in [0.2, 0.25) is 0 Å². The maximum absolute atomic E-state index is 12.0. The van der Waals surface area contributed by atoms with Gasteiger partial charge in [-0.2, -0.15) is 0 Å². The van der Waals surface area contributed by atoms with Crippen molar-refractivity contribution in [3.05, 3.63) is 66.9 Å². The minimum absolute atomic E-state index is 0.256. The topological polar surface area (TPSA) is 74.5 Å². The third kappa shape index (κ3) is 3.51. The summed E-state index contributed by atoms with van der Waals surface area (Å²) in [5.74, 6) is 0.614. The summed E-state index contributed by atoms with van der Waals surface area (Å²) in [6.07, 6.45) is 4.70. The van der Waals surface area contributed by atoms with Crippen molar-refractivity contribution in [2.45, 2.75) is 0 Å². The largest absolute Gasteiger partial charge is 0.459 e. The van der Waals surface area contributed by atoms with Crippen LogP contribution in [0.15, 0.2) is 65.5 Å². The Morgan fingerprint density at radius 2 is 1.62 bits per heavy atom. The number of nitrogens with one attached hydrogen (secondary N) is 1. The first kappa shape index (κ1) is 16.1. The van der Waals surface area contributed by atoms with E-state index in [1.807, 2.05) is 6.07 Å². The Balaban J connectivity index is 1.35. The Hall–Kier alpha value is -3.35. The zero-order chi connectivity index (χ0) is 17.8. The molecule has 7 heteroatoms. The Morgan fingerprint density at radius 1 is 0.923 bits per heavy atom. The summed E-state index contributed by atoms with van der Waals surface area (Å²) in [7, 11) is 0. The number of rotatable bonds is 4. The summed E-state index contributed by atoms with van der Waals surface area (Å²) >= 11 is 0. The molecule has 4 rings (SSSR count). The highest BCUT2D eigenvalue weighted by Gasteiger charge is 2.19. The average molecular weight is 349 g/mol. The number of carbonyl (C=O) groups is 1. The van der Waals surface area contributed by atoms with Crippen molar-refractivity contribution in [2.75, 3.05) is 41.3 Å². The van der Waals surface area contributed by atoms with E-state index in [1.54, 1.807) is 24.5 Å². The standard InChI is InChI=1S/C19H19N5O2/c25-18(17-7-4-12-26-17)22-15-13-20-19(21-14-15)24-10-8-23(9-11-24)16-5-2-1-3-6-16/h1-7,12-14H,8-11H2,(H,22,25). The summed E-state index contributed by atoms with van der Waals surface area (Å²) < 4.78 is 5.07. The molecule has 1 aliphatic heterocycles. The molecule has 1 aliphatic rings. The molecule has 0 atom stereocenters. The highest BCUT2D eigenvalue weighted by Crippen LogP contribution is 2.18. The smallest absolute Gasteiger partial charge is 0.291 e. The predicted octanol–water partition coefficient (Wildman–Crippen LogP) is 2.65. The summed E-state index contributed by atoms with van der Waals surface area (Å²) in [6.45, 7) is 3.55. The van der Waals surface area contributed by atoms with Crippen molar-refractivity contribution in [1.82, 2.24) is 9.97 Å². The van der Waals surface area contributed by atoms with Gasteiger partial charge in [0.05, 0.1) is 24.3 Å². The molecule has 2 aromatic heterocycles. The third-order valence-corrected chi connectivity index (χ3v) is 4.32. The Labute approximate surface area is 151 Å². The Kier molecular flexibility index (Phi) is 4.51. The van der Waals surface area contributed by atoms with Gasteiger partial charge in [-0.3, -0.25) is 4.79 Å². The fourth-order valence-electron chi connectivity index (χ4n) is 2.95. The van der Waals surface area contributed by atoms with Gasteiger partial charge < -0.3 is 19.5 Å². The minimum Gasteiger partial charge on any atom is -0.459 e.